The number of alkyl halides is 3. The summed E-state index contributed by atoms with van der Waals surface area (Å²) >= 11 is 0. The first-order valence-electron chi connectivity index (χ1n) is 8.31. The molecule has 2 amide bonds. The topological polar surface area (TPSA) is 75.4 Å². The number of anilines is 1. The molecular weight excluding hydrogens is 363 g/mol. The third-order valence-corrected chi connectivity index (χ3v) is 4.43. The lowest BCUT2D eigenvalue weighted by atomic mass is 10.0. The summed E-state index contributed by atoms with van der Waals surface area (Å²) in [5, 5.41) is 6.12. The molecule has 1 aromatic carbocycles. The largest absolute Gasteiger partial charge is 0.416 e. The zero-order valence-corrected chi connectivity index (χ0v) is 14.7. The molecule has 0 bridgehead atoms. The third kappa shape index (κ3) is 4.29. The summed E-state index contributed by atoms with van der Waals surface area (Å²) in [6, 6.07) is 6.81. The van der Waals surface area contributed by atoms with E-state index >= 15 is 0 Å². The van der Waals surface area contributed by atoms with Gasteiger partial charge in [-0.2, -0.15) is 13.2 Å². The number of aryl methyl sites for hydroxylation is 1. The van der Waals surface area contributed by atoms with Crippen LogP contribution in [-0.2, 0) is 15.8 Å². The predicted molar refractivity (Wildman–Crippen MR) is 89.8 cm³/mol. The van der Waals surface area contributed by atoms with Gasteiger partial charge in [0, 0.05) is 19.0 Å². The Morgan fingerprint density at radius 2 is 2.04 bits per heavy atom. The molecule has 1 heterocycles. The van der Waals surface area contributed by atoms with Crippen molar-refractivity contribution in [3.05, 3.63) is 47.2 Å². The summed E-state index contributed by atoms with van der Waals surface area (Å²) in [6.45, 7) is 1.44. The molecule has 0 spiro atoms. The maximum absolute atomic E-state index is 13.1. The van der Waals surface area contributed by atoms with Crippen LogP contribution in [0.25, 0.3) is 0 Å². The molecule has 1 saturated carbocycles. The van der Waals surface area contributed by atoms with Gasteiger partial charge in [0.05, 0.1) is 12.1 Å². The Kier molecular flexibility index (Phi) is 4.95. The lowest BCUT2D eigenvalue weighted by molar-refractivity contribution is -0.138. The fourth-order valence-electron chi connectivity index (χ4n) is 3.07. The number of nitrogens with zero attached hydrogens (tertiary/aromatic N) is 2. The van der Waals surface area contributed by atoms with Gasteiger partial charge in [-0.3, -0.25) is 9.59 Å². The number of benzene rings is 1. The molecule has 2 atom stereocenters. The summed E-state index contributed by atoms with van der Waals surface area (Å²) in [6.07, 6.45) is -4.13. The Morgan fingerprint density at radius 1 is 1.33 bits per heavy atom. The Morgan fingerprint density at radius 3 is 2.67 bits per heavy atom. The molecule has 2 aromatic rings. The standard InChI is InChI=1S/C18H18F3N3O3/c1-10-7-15(23-27-10)22-16(25)9-24(2)17(26)13-8-12(13)11-5-3-4-6-14(11)18(19,20)21/h3-7,12-13H,8-9H2,1-2H3,(H,22,23,25). The Bertz CT molecular complexity index is 863. The lowest BCUT2D eigenvalue weighted by Crippen LogP contribution is -2.36. The van der Waals surface area contributed by atoms with Crippen molar-refractivity contribution in [2.24, 2.45) is 5.92 Å². The normalized spacial score (nSPS) is 18.9. The van der Waals surface area contributed by atoms with Crippen molar-refractivity contribution in [3.63, 3.8) is 0 Å². The second kappa shape index (κ2) is 7.05. The number of likely N-dealkylation sites (N-methyl/N-ethyl adjacent to an activating group) is 1. The number of carbonyl (C=O) groups is 2. The van der Waals surface area contributed by atoms with Crippen LogP contribution < -0.4 is 5.32 Å². The van der Waals surface area contributed by atoms with Crippen LogP contribution in [0, 0.1) is 12.8 Å². The first-order chi connectivity index (χ1) is 12.7. The van der Waals surface area contributed by atoms with Crippen LogP contribution in [-0.4, -0.2) is 35.5 Å². The summed E-state index contributed by atoms with van der Waals surface area (Å²) in [5.74, 6) is -1.10. The third-order valence-electron chi connectivity index (χ3n) is 4.43. The van der Waals surface area contributed by atoms with Crippen molar-refractivity contribution in [2.45, 2.75) is 25.4 Å². The van der Waals surface area contributed by atoms with Gasteiger partial charge in [0.25, 0.3) is 0 Å². The molecule has 0 radical (unpaired) electrons. The molecule has 1 aromatic heterocycles. The maximum atomic E-state index is 13.1. The fraction of sp³-hybridized carbons (Fsp3) is 0.389. The monoisotopic (exact) mass is 381 g/mol. The zero-order valence-electron chi connectivity index (χ0n) is 14.7. The predicted octanol–water partition coefficient (Wildman–Crippen LogP) is 3.20. The number of amides is 2. The molecule has 1 N–H and O–H groups in total. The van der Waals surface area contributed by atoms with Crippen molar-refractivity contribution < 1.29 is 27.3 Å². The van der Waals surface area contributed by atoms with E-state index in [1.807, 2.05) is 0 Å². The molecule has 1 aliphatic rings. The molecule has 6 nitrogen and oxygen atoms in total. The van der Waals surface area contributed by atoms with Gasteiger partial charge in [0.15, 0.2) is 5.82 Å². The average molecular weight is 381 g/mol. The lowest BCUT2D eigenvalue weighted by Gasteiger charge is -2.17. The molecule has 9 heteroatoms. The average Bonchev–Trinajstić information content (AvgIpc) is 3.29. The van der Waals surface area contributed by atoms with Gasteiger partial charge in [-0.25, -0.2) is 0 Å². The van der Waals surface area contributed by atoms with Crippen molar-refractivity contribution in [1.29, 1.82) is 0 Å². The molecule has 27 heavy (non-hydrogen) atoms. The van der Waals surface area contributed by atoms with E-state index in [-0.39, 0.29) is 23.8 Å². The molecule has 0 aliphatic heterocycles. The van der Waals surface area contributed by atoms with Gasteiger partial charge in [0.2, 0.25) is 11.8 Å². The van der Waals surface area contributed by atoms with Gasteiger partial charge < -0.3 is 14.7 Å². The minimum absolute atomic E-state index is 0.124. The van der Waals surface area contributed by atoms with E-state index in [2.05, 4.69) is 10.5 Å². The van der Waals surface area contributed by atoms with Crippen LogP contribution in [0.3, 0.4) is 0 Å². The van der Waals surface area contributed by atoms with Gasteiger partial charge in [0.1, 0.15) is 5.76 Å². The first-order valence-corrected chi connectivity index (χ1v) is 8.31. The second-order valence-corrected chi connectivity index (χ2v) is 6.60. The van der Waals surface area contributed by atoms with Crippen LogP contribution in [0.5, 0.6) is 0 Å². The number of nitrogens with one attached hydrogen (secondary N) is 1. The highest BCUT2D eigenvalue weighted by Gasteiger charge is 2.48. The summed E-state index contributed by atoms with van der Waals surface area (Å²) in [4.78, 5) is 25.7. The quantitative estimate of drug-likeness (QED) is 0.863. The van der Waals surface area contributed by atoms with Gasteiger partial charge >= 0.3 is 6.18 Å². The Hall–Kier alpha value is -2.84. The van der Waals surface area contributed by atoms with Crippen molar-refractivity contribution >= 4 is 17.6 Å². The molecule has 1 aliphatic carbocycles. The van der Waals surface area contributed by atoms with Crippen molar-refractivity contribution in [2.75, 3.05) is 18.9 Å². The van der Waals surface area contributed by atoms with Crippen LogP contribution in [0.2, 0.25) is 0 Å². The number of hydrogen-bond donors (Lipinski definition) is 1. The Balaban J connectivity index is 1.60. The van der Waals surface area contributed by atoms with Crippen molar-refractivity contribution in [3.8, 4) is 0 Å². The van der Waals surface area contributed by atoms with E-state index in [0.29, 0.717) is 12.2 Å². The minimum Gasteiger partial charge on any atom is -0.360 e. The number of carbonyl (C=O) groups excluding carboxylic acids is 2. The molecule has 144 valence electrons. The SMILES string of the molecule is Cc1cc(NC(=O)CN(C)C(=O)C2CC2c2ccccc2C(F)(F)F)no1. The number of hydrogen-bond acceptors (Lipinski definition) is 4. The van der Waals surface area contributed by atoms with E-state index in [1.165, 1.54) is 36.2 Å². The fourth-order valence-corrected chi connectivity index (χ4v) is 3.07. The molecule has 3 rings (SSSR count). The van der Waals surface area contributed by atoms with E-state index in [9.17, 15) is 22.8 Å². The Labute approximate surface area is 153 Å². The van der Waals surface area contributed by atoms with Crippen LogP contribution in [0.15, 0.2) is 34.9 Å². The molecular formula is C18H18F3N3O3. The first kappa shape index (κ1) is 18.9. The number of aromatic nitrogens is 1. The summed E-state index contributed by atoms with van der Waals surface area (Å²) in [5.41, 5.74) is -0.591. The van der Waals surface area contributed by atoms with Gasteiger partial charge in [-0.05, 0) is 30.9 Å². The molecule has 0 saturated heterocycles. The molecule has 1 fully saturated rings. The second-order valence-electron chi connectivity index (χ2n) is 6.60. The maximum Gasteiger partial charge on any atom is 0.416 e. The summed E-state index contributed by atoms with van der Waals surface area (Å²) < 4.78 is 44.3. The van der Waals surface area contributed by atoms with Crippen LogP contribution >= 0.6 is 0 Å². The van der Waals surface area contributed by atoms with Crippen LogP contribution in [0.1, 0.15) is 29.2 Å². The summed E-state index contributed by atoms with van der Waals surface area (Å²) in [7, 11) is 1.45. The van der Waals surface area contributed by atoms with Crippen molar-refractivity contribution in [1.82, 2.24) is 10.1 Å². The number of rotatable bonds is 5. The van der Waals surface area contributed by atoms with E-state index in [0.717, 1.165) is 6.07 Å². The molecule has 2 unspecified atom stereocenters. The highest BCUT2D eigenvalue weighted by Crippen LogP contribution is 2.51. The van der Waals surface area contributed by atoms with E-state index in [1.54, 1.807) is 6.92 Å². The highest BCUT2D eigenvalue weighted by atomic mass is 19.4. The van der Waals surface area contributed by atoms with Gasteiger partial charge in [-0.1, -0.05) is 23.4 Å². The van der Waals surface area contributed by atoms with E-state index in [4.69, 9.17) is 4.52 Å². The van der Waals surface area contributed by atoms with Gasteiger partial charge in [-0.15, -0.1) is 0 Å². The highest BCUT2D eigenvalue weighted by molar-refractivity contribution is 5.94. The van der Waals surface area contributed by atoms with Crippen LogP contribution in [0.4, 0.5) is 19.0 Å². The minimum atomic E-state index is -4.46. The zero-order chi connectivity index (χ0) is 19.8. The number of halogens is 3. The van der Waals surface area contributed by atoms with E-state index < -0.39 is 29.5 Å². The smallest absolute Gasteiger partial charge is 0.360 e.